The van der Waals surface area contributed by atoms with E-state index < -0.39 is 0 Å². The largest absolute Gasteiger partial charge is 0.493 e. The van der Waals surface area contributed by atoms with Gasteiger partial charge < -0.3 is 24.7 Å². The minimum Gasteiger partial charge on any atom is -0.493 e. The highest BCUT2D eigenvalue weighted by Crippen LogP contribution is 2.29. The number of methoxy groups -OCH3 is 2. The number of rotatable bonds is 6. The molecule has 2 heterocycles. The van der Waals surface area contributed by atoms with Gasteiger partial charge in [0, 0.05) is 18.8 Å². The molecule has 0 saturated heterocycles. The number of fused-ring (bicyclic) bond motifs is 1. The van der Waals surface area contributed by atoms with E-state index in [0.29, 0.717) is 22.9 Å². The summed E-state index contributed by atoms with van der Waals surface area (Å²) in [7, 11) is 4.89. The Morgan fingerprint density at radius 1 is 1.12 bits per heavy atom. The van der Waals surface area contributed by atoms with Gasteiger partial charge in [0.25, 0.3) is 5.91 Å². The molecule has 136 valence electrons. The number of nitrogens with one attached hydrogen (secondary N) is 2. The third-order valence-electron chi connectivity index (χ3n) is 3.97. The number of aryl methyl sites for hydroxylation is 1. The molecule has 0 unspecified atom stereocenters. The van der Waals surface area contributed by atoms with Crippen LogP contribution in [0.2, 0.25) is 0 Å². The van der Waals surface area contributed by atoms with E-state index in [4.69, 9.17) is 9.47 Å². The average molecular weight is 373 g/mol. The number of nitrogens with zero attached hydrogens (tertiary/aromatic N) is 1. The Bertz CT molecular complexity index is 961. The van der Waals surface area contributed by atoms with Crippen LogP contribution in [0.5, 0.6) is 11.5 Å². The average Bonchev–Trinajstić information content (AvgIpc) is 3.22. The number of carbonyl (C=O) groups excluding carboxylic acids is 2. The fourth-order valence-electron chi connectivity index (χ4n) is 2.64. The molecule has 0 radical (unpaired) electrons. The summed E-state index contributed by atoms with van der Waals surface area (Å²) in [4.78, 5) is 24.4. The molecule has 0 atom stereocenters. The SMILES string of the molecule is COc1ccc(NC(=O)CNC(=O)c2cc3sccc3n2C)cc1OC. The van der Waals surface area contributed by atoms with Gasteiger partial charge in [-0.15, -0.1) is 11.3 Å². The second-order valence-corrected chi connectivity index (χ2v) is 6.51. The zero-order chi connectivity index (χ0) is 18.7. The van der Waals surface area contributed by atoms with Crippen LogP contribution in [0, 0.1) is 0 Å². The van der Waals surface area contributed by atoms with E-state index in [0.717, 1.165) is 10.2 Å². The topological polar surface area (TPSA) is 81.6 Å². The summed E-state index contributed by atoms with van der Waals surface area (Å²) in [5.74, 6) is 0.459. The maximum Gasteiger partial charge on any atom is 0.268 e. The third-order valence-corrected chi connectivity index (χ3v) is 4.83. The molecule has 8 heteroatoms. The molecule has 26 heavy (non-hydrogen) atoms. The zero-order valence-electron chi connectivity index (χ0n) is 14.7. The fourth-order valence-corrected chi connectivity index (χ4v) is 3.49. The van der Waals surface area contributed by atoms with Gasteiger partial charge in [-0.1, -0.05) is 0 Å². The fraction of sp³-hybridized carbons (Fsp3) is 0.222. The van der Waals surface area contributed by atoms with Gasteiger partial charge in [-0.2, -0.15) is 0 Å². The number of aromatic nitrogens is 1. The summed E-state index contributed by atoms with van der Waals surface area (Å²) >= 11 is 1.57. The molecule has 1 aromatic carbocycles. The molecular formula is C18H19N3O4S. The molecule has 2 aromatic heterocycles. The Morgan fingerprint density at radius 3 is 2.58 bits per heavy atom. The maximum atomic E-state index is 12.3. The van der Waals surface area contributed by atoms with E-state index in [9.17, 15) is 9.59 Å². The van der Waals surface area contributed by atoms with Crippen LogP contribution in [-0.2, 0) is 11.8 Å². The first kappa shape index (κ1) is 17.8. The van der Waals surface area contributed by atoms with Crippen molar-refractivity contribution in [2.75, 3.05) is 26.1 Å². The van der Waals surface area contributed by atoms with Crippen molar-refractivity contribution in [2.24, 2.45) is 7.05 Å². The van der Waals surface area contributed by atoms with Crippen molar-refractivity contribution in [3.63, 3.8) is 0 Å². The Kier molecular flexibility index (Phi) is 5.13. The van der Waals surface area contributed by atoms with Gasteiger partial charge >= 0.3 is 0 Å². The molecular weight excluding hydrogens is 354 g/mol. The Morgan fingerprint density at radius 2 is 1.88 bits per heavy atom. The lowest BCUT2D eigenvalue weighted by Gasteiger charge is -2.11. The van der Waals surface area contributed by atoms with Crippen molar-refractivity contribution < 1.29 is 19.1 Å². The van der Waals surface area contributed by atoms with Gasteiger partial charge in [0.05, 0.1) is 31.0 Å². The summed E-state index contributed by atoms with van der Waals surface area (Å²) in [6, 6.07) is 8.84. The summed E-state index contributed by atoms with van der Waals surface area (Å²) < 4.78 is 13.2. The number of hydrogen-bond donors (Lipinski definition) is 2. The van der Waals surface area contributed by atoms with Crippen LogP contribution in [0.15, 0.2) is 35.7 Å². The number of anilines is 1. The number of carbonyl (C=O) groups is 2. The summed E-state index contributed by atoms with van der Waals surface area (Å²) in [5, 5.41) is 7.33. The van der Waals surface area contributed by atoms with Gasteiger partial charge in [0.2, 0.25) is 5.91 Å². The standard InChI is InChI=1S/C18H19N3O4S/c1-21-12-6-7-26-16(12)9-13(21)18(23)19-10-17(22)20-11-4-5-14(24-2)15(8-11)25-3/h4-9H,10H2,1-3H3,(H,19,23)(H,20,22). The van der Waals surface area contributed by atoms with Crippen molar-refractivity contribution in [2.45, 2.75) is 0 Å². The van der Waals surface area contributed by atoms with Crippen LogP contribution in [0.25, 0.3) is 10.2 Å². The van der Waals surface area contributed by atoms with Crippen LogP contribution in [0.1, 0.15) is 10.5 Å². The van der Waals surface area contributed by atoms with Crippen molar-refractivity contribution in [3.8, 4) is 11.5 Å². The summed E-state index contributed by atoms with van der Waals surface area (Å²) in [6.07, 6.45) is 0. The van der Waals surface area contributed by atoms with E-state index in [1.54, 1.807) is 36.6 Å². The molecule has 0 aliphatic heterocycles. The lowest BCUT2D eigenvalue weighted by Crippen LogP contribution is -2.33. The predicted octanol–water partition coefficient (Wildman–Crippen LogP) is 2.63. The quantitative estimate of drug-likeness (QED) is 0.696. The van der Waals surface area contributed by atoms with Gasteiger partial charge in [0.15, 0.2) is 11.5 Å². The first-order chi connectivity index (χ1) is 12.5. The minimum atomic E-state index is -0.332. The third kappa shape index (κ3) is 3.50. The van der Waals surface area contributed by atoms with Gasteiger partial charge in [0.1, 0.15) is 5.69 Å². The van der Waals surface area contributed by atoms with Crippen LogP contribution >= 0.6 is 11.3 Å². The second kappa shape index (κ2) is 7.49. The number of amides is 2. The normalized spacial score (nSPS) is 10.6. The van der Waals surface area contributed by atoms with E-state index >= 15 is 0 Å². The maximum absolute atomic E-state index is 12.3. The highest BCUT2D eigenvalue weighted by atomic mass is 32.1. The molecule has 0 fully saturated rings. The molecule has 7 nitrogen and oxygen atoms in total. The van der Waals surface area contributed by atoms with Gasteiger partial charge in [-0.3, -0.25) is 9.59 Å². The minimum absolute atomic E-state index is 0.133. The lowest BCUT2D eigenvalue weighted by atomic mass is 10.2. The molecule has 0 saturated carbocycles. The van der Waals surface area contributed by atoms with Crippen LogP contribution in [0.3, 0.4) is 0 Å². The van der Waals surface area contributed by atoms with Crippen molar-refractivity contribution >= 4 is 39.1 Å². The van der Waals surface area contributed by atoms with Crippen LogP contribution < -0.4 is 20.1 Å². The number of benzene rings is 1. The highest BCUT2D eigenvalue weighted by Gasteiger charge is 2.15. The second-order valence-electron chi connectivity index (χ2n) is 5.56. The molecule has 2 amide bonds. The summed E-state index contributed by atoms with van der Waals surface area (Å²) in [6.45, 7) is -0.133. The van der Waals surface area contributed by atoms with Crippen molar-refractivity contribution in [1.82, 2.24) is 9.88 Å². The summed E-state index contributed by atoms with van der Waals surface area (Å²) in [5.41, 5.74) is 2.07. The van der Waals surface area contributed by atoms with E-state index in [1.807, 2.05) is 29.1 Å². The number of ether oxygens (including phenoxy) is 2. The molecule has 0 aliphatic rings. The van der Waals surface area contributed by atoms with Crippen LogP contribution in [-0.4, -0.2) is 37.1 Å². The van der Waals surface area contributed by atoms with Crippen LogP contribution in [0.4, 0.5) is 5.69 Å². The molecule has 2 N–H and O–H groups in total. The Hall–Kier alpha value is -3.00. The zero-order valence-corrected chi connectivity index (χ0v) is 15.5. The van der Waals surface area contributed by atoms with Gasteiger partial charge in [-0.25, -0.2) is 0 Å². The van der Waals surface area contributed by atoms with E-state index in [-0.39, 0.29) is 18.4 Å². The predicted molar refractivity (Wildman–Crippen MR) is 101 cm³/mol. The monoisotopic (exact) mass is 373 g/mol. The molecule has 0 spiro atoms. The number of hydrogen-bond acceptors (Lipinski definition) is 5. The molecule has 0 bridgehead atoms. The van der Waals surface area contributed by atoms with E-state index in [1.165, 1.54) is 7.11 Å². The smallest absolute Gasteiger partial charge is 0.268 e. The highest BCUT2D eigenvalue weighted by molar-refractivity contribution is 7.17. The first-order valence-electron chi connectivity index (χ1n) is 7.86. The number of thiophene rings is 1. The lowest BCUT2D eigenvalue weighted by molar-refractivity contribution is -0.115. The molecule has 0 aliphatic carbocycles. The van der Waals surface area contributed by atoms with Crippen molar-refractivity contribution in [3.05, 3.63) is 41.4 Å². The Balaban J connectivity index is 1.61. The Labute approximate surface area is 154 Å². The first-order valence-corrected chi connectivity index (χ1v) is 8.74. The van der Waals surface area contributed by atoms with Crippen molar-refractivity contribution in [1.29, 1.82) is 0 Å². The van der Waals surface area contributed by atoms with Gasteiger partial charge in [-0.05, 0) is 29.6 Å². The molecule has 3 aromatic rings. The van der Waals surface area contributed by atoms with E-state index in [2.05, 4.69) is 10.6 Å². The molecule has 3 rings (SSSR count).